The van der Waals surface area contributed by atoms with Gasteiger partial charge in [-0.1, -0.05) is 0 Å². The van der Waals surface area contributed by atoms with Gasteiger partial charge in [0.2, 0.25) is 0 Å². The Hall–Kier alpha value is -0.850. The number of hydrogen-bond acceptors (Lipinski definition) is 4. The lowest BCUT2D eigenvalue weighted by molar-refractivity contribution is 0.131. The van der Waals surface area contributed by atoms with Crippen LogP contribution in [0.1, 0.15) is 39.5 Å². The van der Waals surface area contributed by atoms with Crippen molar-refractivity contribution in [2.45, 2.75) is 39.5 Å². The van der Waals surface area contributed by atoms with Crippen molar-refractivity contribution >= 4 is 5.96 Å². The number of ether oxygens (including phenoxy) is 2. The van der Waals surface area contributed by atoms with Crippen LogP contribution >= 0.6 is 0 Å². The largest absolute Gasteiger partial charge is 0.396 e. The van der Waals surface area contributed by atoms with Gasteiger partial charge in [0.15, 0.2) is 5.96 Å². The summed E-state index contributed by atoms with van der Waals surface area (Å²) in [5.74, 6) is 0.850. The minimum Gasteiger partial charge on any atom is -0.396 e. The molecular weight excluding hydrogens is 282 g/mol. The Morgan fingerprint density at radius 2 is 2.18 bits per heavy atom. The van der Waals surface area contributed by atoms with Gasteiger partial charge in [-0.05, 0) is 39.5 Å². The predicted octanol–water partition coefficient (Wildman–Crippen LogP) is 1.15. The molecule has 1 aliphatic rings. The third kappa shape index (κ3) is 7.42. The number of nitrogens with zero attached hydrogens (tertiary/aromatic N) is 1. The molecule has 0 spiro atoms. The van der Waals surface area contributed by atoms with Gasteiger partial charge in [0.25, 0.3) is 0 Å². The number of guanidine groups is 1. The molecular formula is C16H33N3O3. The number of unbranched alkanes of at least 4 members (excludes halogenated alkanes) is 1. The highest BCUT2D eigenvalue weighted by molar-refractivity contribution is 5.79. The van der Waals surface area contributed by atoms with Crippen molar-refractivity contribution in [2.24, 2.45) is 10.4 Å². The molecule has 1 heterocycles. The van der Waals surface area contributed by atoms with Gasteiger partial charge >= 0.3 is 0 Å². The Morgan fingerprint density at radius 3 is 2.82 bits per heavy atom. The van der Waals surface area contributed by atoms with E-state index in [0.29, 0.717) is 13.2 Å². The Balaban J connectivity index is 2.36. The van der Waals surface area contributed by atoms with Crippen LogP contribution in [-0.2, 0) is 9.47 Å². The molecule has 22 heavy (non-hydrogen) atoms. The standard InChI is InChI=1S/C16H33N3O3/c1-3-17-15(18-9-5-6-11-21-4-2)19-13-16(7-10-20)8-12-22-14-16/h20H,3-14H2,1-2H3,(H2,17,18,19). The summed E-state index contributed by atoms with van der Waals surface area (Å²) in [7, 11) is 0. The highest BCUT2D eigenvalue weighted by atomic mass is 16.5. The summed E-state index contributed by atoms with van der Waals surface area (Å²) in [4.78, 5) is 4.69. The van der Waals surface area contributed by atoms with Crippen LogP contribution in [0.5, 0.6) is 0 Å². The zero-order chi connectivity index (χ0) is 16.1. The van der Waals surface area contributed by atoms with Crippen LogP contribution in [0.25, 0.3) is 0 Å². The average Bonchev–Trinajstić information content (AvgIpc) is 2.97. The molecule has 0 saturated carbocycles. The lowest BCUT2D eigenvalue weighted by Crippen LogP contribution is -2.39. The molecule has 0 amide bonds. The zero-order valence-electron chi connectivity index (χ0n) is 14.2. The first-order valence-corrected chi connectivity index (χ1v) is 8.55. The van der Waals surface area contributed by atoms with E-state index in [1.165, 1.54) is 0 Å². The summed E-state index contributed by atoms with van der Waals surface area (Å²) in [6.45, 7) is 9.79. The van der Waals surface area contributed by atoms with Crippen LogP contribution in [0.15, 0.2) is 4.99 Å². The van der Waals surface area contributed by atoms with E-state index in [9.17, 15) is 5.11 Å². The normalized spacial score (nSPS) is 22.0. The first-order chi connectivity index (χ1) is 10.8. The molecule has 0 aromatic carbocycles. The second-order valence-corrected chi connectivity index (χ2v) is 5.80. The van der Waals surface area contributed by atoms with E-state index < -0.39 is 0 Å². The van der Waals surface area contributed by atoms with Gasteiger partial charge in [0, 0.05) is 44.9 Å². The van der Waals surface area contributed by atoms with E-state index in [2.05, 4.69) is 17.6 Å². The molecule has 1 aliphatic heterocycles. The van der Waals surface area contributed by atoms with Crippen LogP contribution in [-0.4, -0.2) is 63.7 Å². The maximum atomic E-state index is 9.26. The first-order valence-electron chi connectivity index (χ1n) is 8.55. The maximum absolute atomic E-state index is 9.26. The van der Waals surface area contributed by atoms with E-state index in [4.69, 9.17) is 14.5 Å². The van der Waals surface area contributed by atoms with Crippen molar-refractivity contribution in [1.29, 1.82) is 0 Å². The minimum absolute atomic E-state index is 0.00602. The van der Waals surface area contributed by atoms with Crippen molar-refractivity contribution in [3.8, 4) is 0 Å². The molecule has 3 N–H and O–H groups in total. The van der Waals surface area contributed by atoms with Gasteiger partial charge in [-0.15, -0.1) is 0 Å². The molecule has 0 radical (unpaired) electrons. The quantitative estimate of drug-likeness (QED) is 0.303. The van der Waals surface area contributed by atoms with Crippen molar-refractivity contribution < 1.29 is 14.6 Å². The lowest BCUT2D eigenvalue weighted by Gasteiger charge is -2.24. The molecule has 0 aliphatic carbocycles. The van der Waals surface area contributed by atoms with Crippen molar-refractivity contribution in [3.63, 3.8) is 0 Å². The number of hydrogen-bond donors (Lipinski definition) is 3. The van der Waals surface area contributed by atoms with E-state index in [0.717, 1.165) is 64.6 Å². The van der Waals surface area contributed by atoms with Crippen LogP contribution in [0.3, 0.4) is 0 Å². The third-order valence-corrected chi connectivity index (χ3v) is 3.96. The number of nitrogens with one attached hydrogen (secondary N) is 2. The summed E-state index contributed by atoms with van der Waals surface area (Å²) >= 11 is 0. The van der Waals surface area contributed by atoms with Gasteiger partial charge in [-0.3, -0.25) is 4.99 Å². The fraction of sp³-hybridized carbons (Fsp3) is 0.938. The van der Waals surface area contributed by atoms with Crippen LogP contribution < -0.4 is 10.6 Å². The van der Waals surface area contributed by atoms with Crippen LogP contribution in [0.2, 0.25) is 0 Å². The molecule has 1 fully saturated rings. The van der Waals surface area contributed by atoms with Gasteiger partial charge in [0.05, 0.1) is 13.2 Å². The summed E-state index contributed by atoms with van der Waals surface area (Å²) in [5, 5.41) is 15.9. The molecule has 130 valence electrons. The summed E-state index contributed by atoms with van der Waals surface area (Å²) in [6, 6.07) is 0. The second kappa shape index (κ2) is 11.7. The third-order valence-electron chi connectivity index (χ3n) is 3.96. The van der Waals surface area contributed by atoms with E-state index in [-0.39, 0.29) is 12.0 Å². The van der Waals surface area contributed by atoms with Gasteiger partial charge in [-0.25, -0.2) is 0 Å². The summed E-state index contributed by atoms with van der Waals surface area (Å²) in [5.41, 5.74) is 0.00602. The van der Waals surface area contributed by atoms with Gasteiger partial charge < -0.3 is 25.2 Å². The molecule has 6 heteroatoms. The van der Waals surface area contributed by atoms with Crippen LogP contribution in [0, 0.1) is 5.41 Å². The highest BCUT2D eigenvalue weighted by Crippen LogP contribution is 2.32. The fourth-order valence-corrected chi connectivity index (χ4v) is 2.56. The Morgan fingerprint density at radius 1 is 1.32 bits per heavy atom. The smallest absolute Gasteiger partial charge is 0.191 e. The Labute approximate surface area is 134 Å². The molecule has 1 saturated heterocycles. The molecule has 6 nitrogen and oxygen atoms in total. The van der Waals surface area contributed by atoms with Crippen molar-refractivity contribution in [3.05, 3.63) is 0 Å². The Kier molecular flexibility index (Phi) is 10.2. The molecule has 0 aromatic heterocycles. The highest BCUT2D eigenvalue weighted by Gasteiger charge is 2.34. The van der Waals surface area contributed by atoms with Gasteiger partial charge in [-0.2, -0.15) is 0 Å². The van der Waals surface area contributed by atoms with E-state index in [1.54, 1.807) is 0 Å². The van der Waals surface area contributed by atoms with E-state index in [1.807, 2.05) is 6.92 Å². The van der Waals surface area contributed by atoms with Gasteiger partial charge in [0.1, 0.15) is 0 Å². The second-order valence-electron chi connectivity index (χ2n) is 5.80. The number of rotatable bonds is 11. The zero-order valence-corrected chi connectivity index (χ0v) is 14.2. The molecule has 1 atom stereocenters. The average molecular weight is 315 g/mol. The van der Waals surface area contributed by atoms with Crippen molar-refractivity contribution in [2.75, 3.05) is 52.7 Å². The maximum Gasteiger partial charge on any atom is 0.191 e. The van der Waals surface area contributed by atoms with E-state index >= 15 is 0 Å². The van der Waals surface area contributed by atoms with Crippen molar-refractivity contribution in [1.82, 2.24) is 10.6 Å². The molecule has 1 unspecified atom stereocenters. The molecule has 0 aromatic rings. The lowest BCUT2D eigenvalue weighted by atomic mass is 9.84. The predicted molar refractivity (Wildman–Crippen MR) is 89.3 cm³/mol. The van der Waals surface area contributed by atoms with Crippen LogP contribution in [0.4, 0.5) is 0 Å². The monoisotopic (exact) mass is 315 g/mol. The topological polar surface area (TPSA) is 75.1 Å². The summed E-state index contributed by atoms with van der Waals surface area (Å²) < 4.78 is 10.8. The number of aliphatic hydroxyl groups excluding tert-OH is 1. The minimum atomic E-state index is 0.00602. The molecule has 0 bridgehead atoms. The summed E-state index contributed by atoms with van der Waals surface area (Å²) in [6.07, 6.45) is 3.85. The number of aliphatic imine (C=N–C) groups is 1. The number of aliphatic hydroxyl groups is 1. The molecule has 1 rings (SSSR count). The first kappa shape index (κ1) is 19.2. The Bertz CT molecular complexity index is 305. The fourth-order valence-electron chi connectivity index (χ4n) is 2.56. The SMILES string of the molecule is CCNC(=NCC1(CCO)CCOC1)NCCCCOCC.